The molecule has 0 saturated heterocycles. The number of aryl methyl sites for hydroxylation is 2. The number of hydrogen-bond donors (Lipinski definition) is 1. The maximum absolute atomic E-state index is 9.46. The van der Waals surface area contributed by atoms with Crippen LogP contribution in [0.15, 0.2) is 24.3 Å². The minimum Gasteiger partial charge on any atom is -0.508 e. The fourth-order valence-corrected chi connectivity index (χ4v) is 3.14. The van der Waals surface area contributed by atoms with Gasteiger partial charge in [0.25, 0.3) is 0 Å². The molecule has 0 spiro atoms. The Labute approximate surface area is 96.6 Å². The van der Waals surface area contributed by atoms with Crippen molar-refractivity contribution in [2.75, 3.05) is 0 Å². The van der Waals surface area contributed by atoms with Gasteiger partial charge in [0.15, 0.2) is 11.2 Å². The zero-order valence-corrected chi connectivity index (χ0v) is 9.88. The van der Waals surface area contributed by atoms with Gasteiger partial charge in [0.1, 0.15) is 11.4 Å². The van der Waals surface area contributed by atoms with E-state index >= 15 is 0 Å². The van der Waals surface area contributed by atoms with E-state index in [1.54, 1.807) is 23.5 Å². The Kier molecular flexibility index (Phi) is 1.88. The standard InChI is InChI=1S/C12H10N2OS/c1-7-5-8(2)14-10-4-3-9(15)6-11(10)16-12(14)13-7/h3-6H,1-2H3/p+1. The molecule has 0 fully saturated rings. The van der Waals surface area contributed by atoms with Gasteiger partial charge in [0.2, 0.25) is 0 Å². The number of rotatable bonds is 0. The van der Waals surface area contributed by atoms with Crippen molar-refractivity contribution in [2.45, 2.75) is 13.8 Å². The van der Waals surface area contributed by atoms with Crippen molar-refractivity contribution in [3.8, 4) is 5.75 Å². The molecule has 4 heteroatoms. The summed E-state index contributed by atoms with van der Waals surface area (Å²) in [6.45, 7) is 4.07. The molecule has 0 aliphatic rings. The van der Waals surface area contributed by atoms with Crippen LogP contribution in [0.2, 0.25) is 0 Å². The molecule has 1 aromatic carbocycles. The molecule has 2 aromatic heterocycles. The Morgan fingerprint density at radius 1 is 1.25 bits per heavy atom. The third-order valence-electron chi connectivity index (χ3n) is 2.62. The monoisotopic (exact) mass is 231 g/mol. The predicted molar refractivity (Wildman–Crippen MR) is 63.9 cm³/mol. The Morgan fingerprint density at radius 3 is 2.88 bits per heavy atom. The summed E-state index contributed by atoms with van der Waals surface area (Å²) in [5, 5.41) is 9.46. The SMILES string of the molecule is Cc1cc(C)[n+]2c(n1)sc1cc(O)ccc12. The molecule has 0 atom stereocenters. The second kappa shape index (κ2) is 3.15. The van der Waals surface area contributed by atoms with Crippen LogP contribution >= 0.6 is 11.3 Å². The molecule has 0 bridgehead atoms. The lowest BCUT2D eigenvalue weighted by Crippen LogP contribution is -2.24. The number of aromatic hydroxyl groups is 1. The Balaban J connectivity index is 2.56. The van der Waals surface area contributed by atoms with E-state index in [-0.39, 0.29) is 0 Å². The highest BCUT2D eigenvalue weighted by molar-refractivity contribution is 7.22. The number of fused-ring (bicyclic) bond motifs is 3. The van der Waals surface area contributed by atoms with Crippen molar-refractivity contribution in [2.24, 2.45) is 0 Å². The highest BCUT2D eigenvalue weighted by Crippen LogP contribution is 2.24. The first kappa shape index (κ1) is 9.54. The second-order valence-electron chi connectivity index (χ2n) is 3.91. The first-order valence-corrected chi connectivity index (χ1v) is 5.88. The van der Waals surface area contributed by atoms with Crippen molar-refractivity contribution in [3.05, 3.63) is 35.7 Å². The molecule has 3 nitrogen and oxygen atoms in total. The second-order valence-corrected chi connectivity index (χ2v) is 4.92. The Bertz CT molecular complexity index is 703. The van der Waals surface area contributed by atoms with E-state index in [1.165, 1.54) is 5.69 Å². The molecule has 0 aliphatic carbocycles. The molecule has 0 aliphatic heterocycles. The third kappa shape index (κ3) is 1.27. The van der Waals surface area contributed by atoms with Crippen LogP contribution in [0.4, 0.5) is 0 Å². The number of phenolic OH excluding ortho intramolecular Hbond substituents is 1. The lowest BCUT2D eigenvalue weighted by Gasteiger charge is -1.93. The van der Waals surface area contributed by atoms with E-state index in [0.717, 1.165) is 20.9 Å². The smallest absolute Gasteiger partial charge is 0.388 e. The zero-order valence-electron chi connectivity index (χ0n) is 9.06. The van der Waals surface area contributed by atoms with Gasteiger partial charge in [-0.3, -0.25) is 0 Å². The minimum absolute atomic E-state index is 0.300. The number of benzene rings is 1. The molecule has 80 valence electrons. The van der Waals surface area contributed by atoms with Crippen LogP contribution in [0.25, 0.3) is 15.2 Å². The predicted octanol–water partition coefficient (Wildman–Crippen LogP) is 2.36. The first-order valence-electron chi connectivity index (χ1n) is 5.07. The summed E-state index contributed by atoms with van der Waals surface area (Å²) in [6, 6.07) is 7.48. The summed E-state index contributed by atoms with van der Waals surface area (Å²) < 4.78 is 3.17. The molecular weight excluding hydrogens is 220 g/mol. The zero-order chi connectivity index (χ0) is 11.3. The van der Waals surface area contributed by atoms with Gasteiger partial charge < -0.3 is 5.11 Å². The van der Waals surface area contributed by atoms with Gasteiger partial charge in [0, 0.05) is 19.1 Å². The fraction of sp³-hybridized carbons (Fsp3) is 0.167. The van der Waals surface area contributed by atoms with E-state index in [2.05, 4.69) is 22.4 Å². The Morgan fingerprint density at radius 2 is 2.06 bits per heavy atom. The number of thiazole rings is 1. The van der Waals surface area contributed by atoms with Crippen molar-refractivity contribution in [1.82, 2.24) is 4.98 Å². The van der Waals surface area contributed by atoms with Crippen LogP contribution in [0.5, 0.6) is 5.75 Å². The summed E-state index contributed by atoms with van der Waals surface area (Å²) in [4.78, 5) is 5.47. The topological polar surface area (TPSA) is 37.2 Å². The molecule has 0 amide bonds. The van der Waals surface area contributed by atoms with E-state index in [4.69, 9.17) is 0 Å². The molecule has 3 rings (SSSR count). The van der Waals surface area contributed by atoms with Crippen LogP contribution in [0, 0.1) is 13.8 Å². The van der Waals surface area contributed by atoms with Crippen molar-refractivity contribution in [1.29, 1.82) is 0 Å². The molecule has 3 aromatic rings. The minimum atomic E-state index is 0.300. The molecule has 0 radical (unpaired) electrons. The molecule has 2 heterocycles. The lowest BCUT2D eigenvalue weighted by atomic mass is 10.3. The first-order chi connectivity index (χ1) is 7.65. The van der Waals surface area contributed by atoms with Gasteiger partial charge in [-0.25, -0.2) is 0 Å². The average Bonchev–Trinajstić information content (AvgIpc) is 2.54. The maximum Gasteiger partial charge on any atom is 0.388 e. The summed E-state index contributed by atoms with van der Waals surface area (Å²) in [5.41, 5.74) is 3.29. The maximum atomic E-state index is 9.46. The van der Waals surface area contributed by atoms with E-state index in [1.807, 2.05) is 13.0 Å². The summed E-state index contributed by atoms with van der Waals surface area (Å²) in [5.74, 6) is 0.300. The normalized spacial score (nSPS) is 11.4. The highest BCUT2D eigenvalue weighted by atomic mass is 32.1. The Hall–Kier alpha value is -1.68. The largest absolute Gasteiger partial charge is 0.508 e. The van der Waals surface area contributed by atoms with Gasteiger partial charge in [-0.05, 0) is 35.4 Å². The quantitative estimate of drug-likeness (QED) is 0.603. The third-order valence-corrected chi connectivity index (χ3v) is 3.62. The summed E-state index contributed by atoms with van der Waals surface area (Å²) in [6.07, 6.45) is 0. The van der Waals surface area contributed by atoms with Gasteiger partial charge in [-0.1, -0.05) is 0 Å². The van der Waals surface area contributed by atoms with Gasteiger partial charge in [-0.15, -0.1) is 0 Å². The molecule has 0 unspecified atom stereocenters. The van der Waals surface area contributed by atoms with Crippen LogP contribution < -0.4 is 4.40 Å². The number of hydrogen-bond acceptors (Lipinski definition) is 3. The summed E-state index contributed by atoms with van der Waals surface area (Å²) >= 11 is 1.60. The van der Waals surface area contributed by atoms with E-state index in [9.17, 15) is 5.11 Å². The van der Waals surface area contributed by atoms with E-state index < -0.39 is 0 Å². The van der Waals surface area contributed by atoms with Crippen LogP contribution in [-0.2, 0) is 0 Å². The molecule has 1 N–H and O–H groups in total. The van der Waals surface area contributed by atoms with Crippen molar-refractivity contribution < 1.29 is 9.51 Å². The fourth-order valence-electron chi connectivity index (χ4n) is 1.98. The average molecular weight is 231 g/mol. The van der Waals surface area contributed by atoms with Crippen LogP contribution in [-0.4, -0.2) is 10.1 Å². The molecule has 0 saturated carbocycles. The molecule has 16 heavy (non-hydrogen) atoms. The van der Waals surface area contributed by atoms with Crippen LogP contribution in [0.1, 0.15) is 11.4 Å². The molecular formula is C12H11N2OS+. The number of phenols is 1. The number of nitrogens with zero attached hydrogens (tertiary/aromatic N) is 2. The van der Waals surface area contributed by atoms with Gasteiger partial charge in [-0.2, -0.15) is 4.40 Å². The number of aromatic nitrogens is 2. The van der Waals surface area contributed by atoms with Gasteiger partial charge >= 0.3 is 4.96 Å². The summed E-state index contributed by atoms with van der Waals surface area (Å²) in [7, 11) is 0. The van der Waals surface area contributed by atoms with Gasteiger partial charge in [0.05, 0.1) is 4.70 Å². The van der Waals surface area contributed by atoms with Crippen molar-refractivity contribution >= 4 is 26.5 Å². The lowest BCUT2D eigenvalue weighted by molar-refractivity contribution is -0.488. The van der Waals surface area contributed by atoms with E-state index in [0.29, 0.717) is 5.75 Å². The van der Waals surface area contributed by atoms with Crippen molar-refractivity contribution in [3.63, 3.8) is 0 Å². The van der Waals surface area contributed by atoms with Crippen LogP contribution in [0.3, 0.4) is 0 Å². The highest BCUT2D eigenvalue weighted by Gasteiger charge is 2.16.